The highest BCUT2D eigenvalue weighted by atomic mass is 19.3. The highest BCUT2D eigenvalue weighted by Crippen LogP contribution is 2.31. The van der Waals surface area contributed by atoms with Crippen molar-refractivity contribution in [2.24, 2.45) is 0 Å². The molecule has 1 N–H and O–H groups in total. The molecule has 0 heterocycles. The third-order valence-corrected chi connectivity index (χ3v) is 3.08. The SMILES string of the molecule is COc1ccc(NC(=O)COc2ccccc2[N+](=O)[O-])cc1OC(F)F. The molecule has 0 aliphatic carbocycles. The van der Waals surface area contributed by atoms with E-state index in [4.69, 9.17) is 9.47 Å². The van der Waals surface area contributed by atoms with Crippen LogP contribution in [0.25, 0.3) is 0 Å². The van der Waals surface area contributed by atoms with Crippen molar-refractivity contribution in [2.45, 2.75) is 6.61 Å². The van der Waals surface area contributed by atoms with Crippen LogP contribution in [-0.2, 0) is 4.79 Å². The van der Waals surface area contributed by atoms with Crippen LogP contribution in [-0.4, -0.2) is 31.2 Å². The molecule has 0 saturated carbocycles. The summed E-state index contributed by atoms with van der Waals surface area (Å²) in [6.07, 6.45) is 0. The van der Waals surface area contributed by atoms with Gasteiger partial charge in [-0.3, -0.25) is 14.9 Å². The van der Waals surface area contributed by atoms with Crippen molar-refractivity contribution in [3.8, 4) is 17.2 Å². The minimum Gasteiger partial charge on any atom is -0.493 e. The lowest BCUT2D eigenvalue weighted by atomic mass is 10.2. The predicted molar refractivity (Wildman–Crippen MR) is 86.8 cm³/mol. The second kappa shape index (κ2) is 8.60. The summed E-state index contributed by atoms with van der Waals surface area (Å²) < 4.78 is 39.1. The Balaban J connectivity index is 2.03. The number of ether oxygens (including phenoxy) is 3. The van der Waals surface area contributed by atoms with Crippen LogP contribution in [0.2, 0.25) is 0 Å². The summed E-state index contributed by atoms with van der Waals surface area (Å²) in [5.41, 5.74) is -0.116. The molecule has 2 aromatic rings. The van der Waals surface area contributed by atoms with Crippen molar-refractivity contribution >= 4 is 17.3 Å². The van der Waals surface area contributed by atoms with Crippen LogP contribution < -0.4 is 19.5 Å². The standard InChI is InChI=1S/C16H14F2N2O6/c1-24-13-7-6-10(8-14(13)26-16(17)18)19-15(21)9-25-12-5-3-2-4-11(12)20(22)23/h2-8,16H,9H2,1H3,(H,19,21). The van der Waals surface area contributed by atoms with E-state index in [1.165, 1.54) is 43.5 Å². The third kappa shape index (κ3) is 5.03. The number of carbonyl (C=O) groups is 1. The van der Waals surface area contributed by atoms with Crippen LogP contribution in [0.15, 0.2) is 42.5 Å². The fraction of sp³-hybridized carbons (Fsp3) is 0.188. The molecule has 2 rings (SSSR count). The van der Waals surface area contributed by atoms with Gasteiger partial charge in [-0.05, 0) is 18.2 Å². The molecule has 0 bridgehead atoms. The van der Waals surface area contributed by atoms with E-state index in [1.807, 2.05) is 0 Å². The Morgan fingerprint density at radius 3 is 2.58 bits per heavy atom. The predicted octanol–water partition coefficient (Wildman–Crippen LogP) is 3.22. The minimum absolute atomic E-state index is 0.0656. The number of nitrogens with zero attached hydrogens (tertiary/aromatic N) is 1. The van der Waals surface area contributed by atoms with E-state index in [-0.39, 0.29) is 28.6 Å². The number of nitro groups is 1. The fourth-order valence-corrected chi connectivity index (χ4v) is 2.01. The van der Waals surface area contributed by atoms with Gasteiger partial charge in [-0.2, -0.15) is 8.78 Å². The van der Waals surface area contributed by atoms with Crippen molar-refractivity contribution in [1.29, 1.82) is 0 Å². The Labute approximate surface area is 146 Å². The summed E-state index contributed by atoms with van der Waals surface area (Å²) in [6, 6.07) is 9.51. The van der Waals surface area contributed by atoms with Gasteiger partial charge in [0, 0.05) is 17.8 Å². The van der Waals surface area contributed by atoms with E-state index in [2.05, 4.69) is 10.1 Å². The molecule has 0 atom stereocenters. The number of nitrogens with one attached hydrogen (secondary N) is 1. The Morgan fingerprint density at radius 2 is 1.92 bits per heavy atom. The average Bonchev–Trinajstić information content (AvgIpc) is 2.60. The number of methoxy groups -OCH3 is 1. The zero-order chi connectivity index (χ0) is 19.1. The number of amides is 1. The Morgan fingerprint density at radius 1 is 1.19 bits per heavy atom. The molecular formula is C16H14F2N2O6. The van der Waals surface area contributed by atoms with Gasteiger partial charge >= 0.3 is 12.3 Å². The van der Waals surface area contributed by atoms with Gasteiger partial charge < -0.3 is 19.5 Å². The zero-order valence-corrected chi connectivity index (χ0v) is 13.5. The number of hydrogen-bond donors (Lipinski definition) is 1. The average molecular weight is 368 g/mol. The van der Waals surface area contributed by atoms with Gasteiger partial charge in [-0.25, -0.2) is 0 Å². The topological polar surface area (TPSA) is 99.9 Å². The second-order valence-corrected chi connectivity index (χ2v) is 4.81. The molecule has 0 aromatic heterocycles. The maximum Gasteiger partial charge on any atom is 0.387 e. The van der Waals surface area contributed by atoms with Crippen molar-refractivity contribution < 1.29 is 32.7 Å². The van der Waals surface area contributed by atoms with E-state index in [0.717, 1.165) is 6.07 Å². The van der Waals surface area contributed by atoms with Gasteiger partial charge in [0.2, 0.25) is 0 Å². The molecule has 26 heavy (non-hydrogen) atoms. The van der Waals surface area contributed by atoms with Crippen molar-refractivity contribution in [2.75, 3.05) is 19.0 Å². The molecule has 8 nitrogen and oxygen atoms in total. The summed E-state index contributed by atoms with van der Waals surface area (Å²) >= 11 is 0. The van der Waals surface area contributed by atoms with E-state index >= 15 is 0 Å². The number of alkyl halides is 2. The van der Waals surface area contributed by atoms with E-state index in [9.17, 15) is 23.7 Å². The summed E-state index contributed by atoms with van der Waals surface area (Å²) in [7, 11) is 1.28. The molecule has 0 aliphatic heterocycles. The van der Waals surface area contributed by atoms with E-state index in [0.29, 0.717) is 0 Å². The summed E-state index contributed by atoms with van der Waals surface area (Å²) in [4.78, 5) is 22.2. The number of para-hydroxylation sites is 2. The Bertz CT molecular complexity index is 800. The Hall–Kier alpha value is -3.43. The first-order chi connectivity index (χ1) is 12.4. The molecule has 0 spiro atoms. The number of benzene rings is 2. The number of nitro benzene ring substituents is 1. The van der Waals surface area contributed by atoms with Crippen molar-refractivity contribution in [3.63, 3.8) is 0 Å². The van der Waals surface area contributed by atoms with E-state index < -0.39 is 24.0 Å². The lowest BCUT2D eigenvalue weighted by Crippen LogP contribution is -2.20. The zero-order valence-electron chi connectivity index (χ0n) is 13.5. The van der Waals surface area contributed by atoms with Gasteiger partial charge in [0.05, 0.1) is 12.0 Å². The number of hydrogen-bond acceptors (Lipinski definition) is 6. The molecule has 1 amide bonds. The summed E-state index contributed by atoms with van der Waals surface area (Å²) in [6.45, 7) is -3.57. The molecule has 0 aliphatic rings. The molecular weight excluding hydrogens is 354 g/mol. The highest BCUT2D eigenvalue weighted by molar-refractivity contribution is 5.92. The van der Waals surface area contributed by atoms with Crippen LogP contribution in [0.4, 0.5) is 20.2 Å². The van der Waals surface area contributed by atoms with Gasteiger partial charge in [0.15, 0.2) is 23.9 Å². The van der Waals surface area contributed by atoms with Gasteiger partial charge in [-0.15, -0.1) is 0 Å². The maximum atomic E-state index is 12.4. The third-order valence-electron chi connectivity index (χ3n) is 3.08. The van der Waals surface area contributed by atoms with Crippen molar-refractivity contribution in [1.82, 2.24) is 0 Å². The second-order valence-electron chi connectivity index (χ2n) is 4.81. The van der Waals surface area contributed by atoms with Crippen LogP contribution in [0, 0.1) is 10.1 Å². The summed E-state index contributed by atoms with van der Waals surface area (Å²) in [5, 5.41) is 13.3. The molecule has 138 valence electrons. The fourth-order valence-electron chi connectivity index (χ4n) is 2.01. The molecule has 0 unspecified atom stereocenters. The molecule has 10 heteroatoms. The van der Waals surface area contributed by atoms with Crippen LogP contribution in [0.3, 0.4) is 0 Å². The molecule has 0 radical (unpaired) electrons. The van der Waals surface area contributed by atoms with Gasteiger partial charge in [-0.1, -0.05) is 12.1 Å². The summed E-state index contributed by atoms with van der Waals surface area (Å²) in [5.74, 6) is -0.889. The number of halogens is 2. The van der Waals surface area contributed by atoms with Crippen LogP contribution in [0.1, 0.15) is 0 Å². The van der Waals surface area contributed by atoms with Crippen LogP contribution in [0.5, 0.6) is 17.2 Å². The number of anilines is 1. The largest absolute Gasteiger partial charge is 0.493 e. The van der Waals surface area contributed by atoms with Gasteiger partial charge in [0.25, 0.3) is 5.91 Å². The minimum atomic E-state index is -3.06. The normalized spacial score (nSPS) is 10.3. The highest BCUT2D eigenvalue weighted by Gasteiger charge is 2.16. The van der Waals surface area contributed by atoms with Gasteiger partial charge in [0.1, 0.15) is 0 Å². The lowest BCUT2D eigenvalue weighted by molar-refractivity contribution is -0.385. The first-order valence-electron chi connectivity index (χ1n) is 7.19. The first-order valence-corrected chi connectivity index (χ1v) is 7.19. The number of carbonyl (C=O) groups excluding carboxylic acids is 1. The maximum absolute atomic E-state index is 12.4. The monoisotopic (exact) mass is 368 g/mol. The number of rotatable bonds is 8. The van der Waals surface area contributed by atoms with Crippen molar-refractivity contribution in [3.05, 3.63) is 52.6 Å². The quantitative estimate of drug-likeness (QED) is 0.567. The Kier molecular flexibility index (Phi) is 6.25. The first kappa shape index (κ1) is 18.9. The molecule has 2 aromatic carbocycles. The smallest absolute Gasteiger partial charge is 0.387 e. The van der Waals surface area contributed by atoms with Crippen LogP contribution >= 0.6 is 0 Å². The van der Waals surface area contributed by atoms with E-state index in [1.54, 1.807) is 0 Å². The molecule has 0 fully saturated rings. The lowest BCUT2D eigenvalue weighted by Gasteiger charge is -2.12. The molecule has 0 saturated heterocycles.